The number of unbranched alkanes of at least 4 members (excludes halogenated alkanes) is 1. The van der Waals surface area contributed by atoms with Crippen LogP contribution in [0.5, 0.6) is 11.5 Å². The van der Waals surface area contributed by atoms with E-state index in [1.54, 1.807) is 12.1 Å². The number of aryl methyl sites for hydroxylation is 1. The number of hydrogen-bond donors (Lipinski definition) is 3. The number of nitrogens with zero attached hydrogens (tertiary/aromatic N) is 1. The summed E-state index contributed by atoms with van der Waals surface area (Å²) >= 11 is 0. The highest BCUT2D eigenvalue weighted by Crippen LogP contribution is 2.39. The third-order valence-corrected chi connectivity index (χ3v) is 5.20. The van der Waals surface area contributed by atoms with E-state index in [1.165, 1.54) is 12.1 Å². The van der Waals surface area contributed by atoms with E-state index in [2.05, 4.69) is 6.92 Å². The van der Waals surface area contributed by atoms with Crippen LogP contribution in [0.15, 0.2) is 36.4 Å². The highest BCUT2D eigenvalue weighted by atomic mass is 16.5. The Labute approximate surface area is 169 Å². The average Bonchev–Trinajstić information content (AvgIpc) is 2.74. The number of rotatable bonds is 6. The van der Waals surface area contributed by atoms with Crippen molar-refractivity contribution in [2.24, 2.45) is 0 Å². The van der Waals surface area contributed by atoms with Gasteiger partial charge in [0.1, 0.15) is 0 Å². The molecule has 1 atom stereocenters. The standard InChI is InChI=1S/C22H25NO6/c1-2-3-4-14-5-7-15(8-6-14)19(24)17-10-9-16(20(25)21(17)26)18-13-29-12-11-23(18)22(27)28/h5-10,18,25-26H,2-4,11-13H2,1H3,(H,27,28). The summed E-state index contributed by atoms with van der Waals surface area (Å²) in [6.07, 6.45) is 1.96. The molecule has 3 rings (SSSR count). The maximum absolute atomic E-state index is 12.8. The third kappa shape index (κ3) is 4.35. The zero-order valence-corrected chi connectivity index (χ0v) is 16.3. The smallest absolute Gasteiger partial charge is 0.407 e. The molecule has 0 radical (unpaired) electrons. The SMILES string of the molecule is CCCCc1ccc(C(=O)c2ccc(C3COCCN3C(=O)O)c(O)c2O)cc1. The number of phenols is 2. The second-order valence-corrected chi connectivity index (χ2v) is 7.10. The largest absolute Gasteiger partial charge is 0.504 e. The Kier molecular flexibility index (Phi) is 6.39. The number of phenolic OH excluding ortho intramolecular Hbond substituents is 2. The van der Waals surface area contributed by atoms with Gasteiger partial charge in [-0.1, -0.05) is 43.7 Å². The van der Waals surface area contributed by atoms with Crippen LogP contribution in [0.1, 0.15) is 52.9 Å². The number of carboxylic acid groups (broad SMARTS) is 1. The van der Waals surface area contributed by atoms with Crippen LogP contribution in [0.2, 0.25) is 0 Å². The minimum Gasteiger partial charge on any atom is -0.504 e. The van der Waals surface area contributed by atoms with Crippen molar-refractivity contribution < 1.29 is 29.6 Å². The van der Waals surface area contributed by atoms with Gasteiger partial charge in [0.25, 0.3) is 0 Å². The van der Waals surface area contributed by atoms with Crippen molar-refractivity contribution in [2.45, 2.75) is 32.2 Å². The van der Waals surface area contributed by atoms with E-state index in [-0.39, 0.29) is 30.9 Å². The van der Waals surface area contributed by atoms with Gasteiger partial charge in [-0.05, 0) is 24.5 Å². The van der Waals surface area contributed by atoms with E-state index in [0.717, 1.165) is 29.7 Å². The Bertz CT molecular complexity index is 893. The van der Waals surface area contributed by atoms with Gasteiger partial charge in [-0.15, -0.1) is 0 Å². The molecule has 1 heterocycles. The quantitative estimate of drug-likeness (QED) is 0.505. The highest BCUT2D eigenvalue weighted by molar-refractivity contribution is 6.11. The third-order valence-electron chi connectivity index (χ3n) is 5.20. The second kappa shape index (κ2) is 8.96. The Hall–Kier alpha value is -3.06. The molecule has 2 aromatic rings. The van der Waals surface area contributed by atoms with Crippen molar-refractivity contribution in [3.8, 4) is 11.5 Å². The highest BCUT2D eigenvalue weighted by Gasteiger charge is 2.32. The lowest BCUT2D eigenvalue weighted by Gasteiger charge is -2.34. The van der Waals surface area contributed by atoms with Gasteiger partial charge in [0.2, 0.25) is 0 Å². The lowest BCUT2D eigenvalue weighted by molar-refractivity contribution is -0.00166. The van der Waals surface area contributed by atoms with Crippen molar-refractivity contribution in [3.63, 3.8) is 0 Å². The molecule has 1 unspecified atom stereocenters. The summed E-state index contributed by atoms with van der Waals surface area (Å²) in [5.41, 5.74) is 1.71. The van der Waals surface area contributed by atoms with E-state index in [9.17, 15) is 24.9 Å². The van der Waals surface area contributed by atoms with Crippen molar-refractivity contribution in [1.82, 2.24) is 4.90 Å². The Morgan fingerprint density at radius 1 is 1.10 bits per heavy atom. The van der Waals surface area contributed by atoms with Gasteiger partial charge in [-0.2, -0.15) is 0 Å². The fourth-order valence-electron chi connectivity index (χ4n) is 3.50. The lowest BCUT2D eigenvalue weighted by atomic mass is 9.96. The van der Waals surface area contributed by atoms with E-state index >= 15 is 0 Å². The van der Waals surface area contributed by atoms with Crippen molar-refractivity contribution in [3.05, 3.63) is 58.7 Å². The maximum atomic E-state index is 12.8. The molecule has 29 heavy (non-hydrogen) atoms. The predicted octanol–water partition coefficient (Wildman–Crippen LogP) is 3.72. The molecule has 1 fully saturated rings. The van der Waals surface area contributed by atoms with Crippen molar-refractivity contribution >= 4 is 11.9 Å². The van der Waals surface area contributed by atoms with Gasteiger partial charge in [0.05, 0.1) is 24.8 Å². The van der Waals surface area contributed by atoms with Gasteiger partial charge in [-0.25, -0.2) is 4.79 Å². The van der Waals surface area contributed by atoms with Gasteiger partial charge < -0.3 is 20.1 Å². The molecule has 7 nitrogen and oxygen atoms in total. The first-order valence-corrected chi connectivity index (χ1v) is 9.69. The Morgan fingerprint density at radius 3 is 2.48 bits per heavy atom. The summed E-state index contributed by atoms with van der Waals surface area (Å²) in [5, 5.41) is 30.3. The molecule has 7 heteroatoms. The molecular formula is C22H25NO6. The molecule has 0 aliphatic carbocycles. The first-order valence-electron chi connectivity index (χ1n) is 9.69. The zero-order valence-electron chi connectivity index (χ0n) is 16.3. The number of ketones is 1. The summed E-state index contributed by atoms with van der Waals surface area (Å²) in [4.78, 5) is 25.4. The molecule has 0 aromatic heterocycles. The van der Waals surface area contributed by atoms with E-state index in [0.29, 0.717) is 5.56 Å². The van der Waals surface area contributed by atoms with Crippen LogP contribution in [-0.4, -0.2) is 51.9 Å². The molecule has 2 aromatic carbocycles. The number of hydrogen-bond acceptors (Lipinski definition) is 5. The van der Waals surface area contributed by atoms with Gasteiger partial charge in [0, 0.05) is 17.7 Å². The van der Waals surface area contributed by atoms with E-state index < -0.39 is 29.4 Å². The van der Waals surface area contributed by atoms with Crippen LogP contribution < -0.4 is 0 Å². The van der Waals surface area contributed by atoms with Gasteiger partial charge in [0.15, 0.2) is 17.3 Å². The summed E-state index contributed by atoms with van der Waals surface area (Å²) in [6, 6.07) is 9.31. The number of carbonyl (C=O) groups is 2. The van der Waals surface area contributed by atoms with Gasteiger partial charge >= 0.3 is 6.09 Å². The minimum atomic E-state index is -1.14. The molecule has 0 bridgehead atoms. The Balaban J connectivity index is 1.87. The van der Waals surface area contributed by atoms with Crippen LogP contribution in [0.25, 0.3) is 0 Å². The maximum Gasteiger partial charge on any atom is 0.407 e. The summed E-state index contributed by atoms with van der Waals surface area (Å²) < 4.78 is 5.33. The van der Waals surface area contributed by atoms with Gasteiger partial charge in [-0.3, -0.25) is 9.69 Å². The molecule has 3 N–H and O–H groups in total. The predicted molar refractivity (Wildman–Crippen MR) is 107 cm³/mol. The number of morpholine rings is 1. The average molecular weight is 399 g/mol. The summed E-state index contributed by atoms with van der Waals surface area (Å²) in [6.45, 7) is 2.60. The molecule has 0 saturated carbocycles. The fourth-order valence-corrected chi connectivity index (χ4v) is 3.50. The zero-order chi connectivity index (χ0) is 21.0. The Morgan fingerprint density at radius 2 is 1.83 bits per heavy atom. The number of carbonyl (C=O) groups excluding carboxylic acids is 1. The van der Waals surface area contributed by atoms with Crippen LogP contribution >= 0.6 is 0 Å². The molecule has 1 aliphatic rings. The monoisotopic (exact) mass is 399 g/mol. The fraction of sp³-hybridized carbons (Fsp3) is 0.364. The molecular weight excluding hydrogens is 374 g/mol. The molecule has 1 saturated heterocycles. The second-order valence-electron chi connectivity index (χ2n) is 7.10. The van der Waals surface area contributed by atoms with Crippen molar-refractivity contribution in [1.29, 1.82) is 0 Å². The number of ether oxygens (including phenoxy) is 1. The first kappa shape index (κ1) is 20.7. The van der Waals surface area contributed by atoms with Crippen LogP contribution in [0.3, 0.4) is 0 Å². The topological polar surface area (TPSA) is 107 Å². The normalized spacial score (nSPS) is 16.6. The first-order chi connectivity index (χ1) is 13.9. The summed E-state index contributed by atoms with van der Waals surface area (Å²) in [7, 11) is 0. The molecule has 1 aliphatic heterocycles. The van der Waals surface area contributed by atoms with Crippen LogP contribution in [0.4, 0.5) is 4.79 Å². The number of amides is 1. The number of benzene rings is 2. The van der Waals surface area contributed by atoms with E-state index in [1.807, 2.05) is 12.1 Å². The molecule has 0 spiro atoms. The van der Waals surface area contributed by atoms with E-state index in [4.69, 9.17) is 4.74 Å². The lowest BCUT2D eigenvalue weighted by Crippen LogP contribution is -2.42. The van der Waals surface area contributed by atoms with Crippen LogP contribution in [0, 0.1) is 0 Å². The van der Waals surface area contributed by atoms with Crippen LogP contribution in [-0.2, 0) is 11.2 Å². The van der Waals surface area contributed by atoms with Crippen molar-refractivity contribution in [2.75, 3.05) is 19.8 Å². The minimum absolute atomic E-state index is 0.0360. The molecule has 1 amide bonds. The summed E-state index contributed by atoms with van der Waals surface area (Å²) in [5.74, 6) is -1.47. The molecule has 154 valence electrons. The number of aromatic hydroxyl groups is 2.